The van der Waals surface area contributed by atoms with Crippen LogP contribution in [0.15, 0.2) is 64.4 Å². The first kappa shape index (κ1) is 20.5. The van der Waals surface area contributed by atoms with Crippen LogP contribution in [-0.2, 0) is 16.4 Å². The van der Waals surface area contributed by atoms with Gasteiger partial charge in [0.1, 0.15) is 0 Å². The minimum Gasteiger partial charge on any atom is -0.348 e. The van der Waals surface area contributed by atoms with E-state index >= 15 is 0 Å². The highest BCUT2D eigenvalue weighted by atomic mass is 32.2. The maximum absolute atomic E-state index is 13.0. The zero-order chi connectivity index (χ0) is 21.2. The average Bonchev–Trinajstić information content (AvgIpc) is 2.68. The van der Waals surface area contributed by atoms with E-state index in [0.717, 1.165) is 11.8 Å². The van der Waals surface area contributed by atoms with E-state index in [2.05, 4.69) is 10.3 Å². The van der Waals surface area contributed by atoms with E-state index < -0.39 is 15.7 Å². The Morgan fingerprint density at radius 2 is 1.76 bits per heavy atom. The highest BCUT2D eigenvalue weighted by molar-refractivity contribution is 7.91. The number of hydrogen-bond acceptors (Lipinski definition) is 4. The molecule has 1 amide bonds. The Labute approximate surface area is 169 Å². The normalized spacial score (nSPS) is 11.3. The van der Waals surface area contributed by atoms with Crippen molar-refractivity contribution >= 4 is 15.7 Å². The second kappa shape index (κ2) is 8.05. The molecule has 2 aromatic carbocycles. The molecule has 6 nitrogen and oxygen atoms in total. The number of carbonyl (C=O) groups is 1. The number of sulfone groups is 1. The lowest BCUT2D eigenvalue weighted by molar-refractivity contribution is 0.0947. The van der Waals surface area contributed by atoms with Crippen molar-refractivity contribution in [3.63, 3.8) is 0 Å². The molecule has 0 atom stereocenters. The molecule has 0 fully saturated rings. The summed E-state index contributed by atoms with van der Waals surface area (Å²) in [4.78, 5) is 27.5. The smallest absolute Gasteiger partial charge is 0.253 e. The monoisotopic (exact) mass is 410 g/mol. The Balaban J connectivity index is 2.07. The van der Waals surface area contributed by atoms with E-state index in [9.17, 15) is 18.0 Å². The molecular formula is C22H22N2O4S. The van der Waals surface area contributed by atoms with E-state index in [1.54, 1.807) is 43.5 Å². The molecule has 1 aromatic heterocycles. The molecule has 3 aromatic rings. The lowest BCUT2D eigenvalue weighted by Crippen LogP contribution is -2.29. The van der Waals surface area contributed by atoms with Crippen LogP contribution in [0.5, 0.6) is 0 Å². The maximum atomic E-state index is 13.0. The van der Waals surface area contributed by atoms with Crippen molar-refractivity contribution in [3.8, 4) is 11.1 Å². The van der Waals surface area contributed by atoms with E-state index in [0.29, 0.717) is 22.3 Å². The average molecular weight is 410 g/mol. The summed E-state index contributed by atoms with van der Waals surface area (Å²) in [7, 11) is -3.71. The van der Waals surface area contributed by atoms with Gasteiger partial charge in [-0.1, -0.05) is 42.5 Å². The number of benzene rings is 2. The van der Waals surface area contributed by atoms with E-state index in [1.165, 1.54) is 0 Å². The van der Waals surface area contributed by atoms with Gasteiger partial charge in [-0.25, -0.2) is 8.42 Å². The quantitative estimate of drug-likeness (QED) is 0.676. The van der Waals surface area contributed by atoms with E-state index in [4.69, 9.17) is 0 Å². The molecular weight excluding hydrogens is 388 g/mol. The molecule has 0 aliphatic heterocycles. The number of aromatic nitrogens is 1. The molecule has 3 rings (SSSR count). The van der Waals surface area contributed by atoms with E-state index in [1.807, 2.05) is 25.1 Å². The highest BCUT2D eigenvalue weighted by Crippen LogP contribution is 2.32. The molecule has 0 bridgehead atoms. The standard InChI is InChI=1S/C22H22N2O4S/c1-14-11-17(21(25)23-12-14)13-24-22(26)19-15(2)9-10-18(20(19)29(3,27)28)16-7-5-4-6-8-16/h4-12H,13H2,1-3H3,(H,23,25)(H,24,26). The summed E-state index contributed by atoms with van der Waals surface area (Å²) in [5, 5.41) is 2.69. The third-order valence-corrected chi connectivity index (χ3v) is 5.78. The number of carbonyl (C=O) groups excluding carboxylic acids is 1. The Morgan fingerprint density at radius 1 is 1.07 bits per heavy atom. The molecule has 0 saturated carbocycles. The predicted octanol–water partition coefficient (Wildman–Crippen LogP) is 2.99. The molecule has 150 valence electrons. The van der Waals surface area contributed by atoms with E-state index in [-0.39, 0.29) is 22.6 Å². The van der Waals surface area contributed by atoms with Gasteiger partial charge >= 0.3 is 0 Å². The number of pyridine rings is 1. The van der Waals surface area contributed by atoms with Crippen LogP contribution in [0.3, 0.4) is 0 Å². The number of H-pyrrole nitrogens is 1. The minimum absolute atomic E-state index is 0.00590. The molecule has 7 heteroatoms. The van der Waals surface area contributed by atoms with Gasteiger partial charge in [-0.05, 0) is 36.6 Å². The maximum Gasteiger partial charge on any atom is 0.253 e. The van der Waals surface area contributed by atoms with Gasteiger partial charge < -0.3 is 10.3 Å². The first-order valence-corrected chi connectivity index (χ1v) is 10.9. The van der Waals surface area contributed by atoms with Gasteiger partial charge in [-0.15, -0.1) is 0 Å². The summed E-state index contributed by atoms with van der Waals surface area (Å²) in [6.07, 6.45) is 2.68. The van der Waals surface area contributed by atoms with Crippen LogP contribution >= 0.6 is 0 Å². The molecule has 0 unspecified atom stereocenters. The van der Waals surface area contributed by atoms with Crippen molar-refractivity contribution in [2.75, 3.05) is 6.26 Å². The fourth-order valence-corrected chi connectivity index (χ4v) is 4.45. The van der Waals surface area contributed by atoms with Gasteiger partial charge in [0.2, 0.25) is 0 Å². The summed E-state index contributed by atoms with van der Waals surface area (Å²) in [5.74, 6) is -0.540. The second-order valence-corrected chi connectivity index (χ2v) is 8.94. The molecule has 0 aliphatic carbocycles. The largest absolute Gasteiger partial charge is 0.348 e. The van der Waals surface area contributed by atoms with Gasteiger partial charge in [0.05, 0.1) is 10.5 Å². The van der Waals surface area contributed by atoms with Crippen molar-refractivity contribution < 1.29 is 13.2 Å². The van der Waals surface area contributed by atoms with Crippen LogP contribution < -0.4 is 10.9 Å². The highest BCUT2D eigenvalue weighted by Gasteiger charge is 2.25. The van der Waals surface area contributed by atoms with Crippen molar-refractivity contribution in [2.24, 2.45) is 0 Å². The van der Waals surface area contributed by atoms with Crippen molar-refractivity contribution in [3.05, 3.63) is 87.3 Å². The molecule has 0 radical (unpaired) electrons. The van der Waals surface area contributed by atoms with Gasteiger partial charge in [0.25, 0.3) is 11.5 Å². The van der Waals surface area contributed by atoms with Crippen molar-refractivity contribution in [1.82, 2.24) is 10.3 Å². The molecule has 0 aliphatic rings. The molecule has 0 saturated heterocycles. The number of aromatic amines is 1. The lowest BCUT2D eigenvalue weighted by Gasteiger charge is -2.16. The first-order valence-electron chi connectivity index (χ1n) is 9.04. The van der Waals surface area contributed by atoms with Gasteiger partial charge in [0.15, 0.2) is 9.84 Å². The van der Waals surface area contributed by atoms with Crippen LogP contribution in [0.2, 0.25) is 0 Å². The SMILES string of the molecule is Cc1c[nH]c(=O)c(CNC(=O)c2c(C)ccc(-c3ccccc3)c2S(C)(=O)=O)c1. The molecule has 2 N–H and O–H groups in total. The lowest BCUT2D eigenvalue weighted by atomic mass is 9.99. The summed E-state index contributed by atoms with van der Waals surface area (Å²) < 4.78 is 25.3. The third kappa shape index (κ3) is 4.46. The van der Waals surface area contributed by atoms with Crippen LogP contribution in [0.1, 0.15) is 27.0 Å². The third-order valence-electron chi connectivity index (χ3n) is 4.61. The summed E-state index contributed by atoms with van der Waals surface area (Å²) in [6.45, 7) is 3.52. The van der Waals surface area contributed by atoms with Gasteiger partial charge in [-0.2, -0.15) is 0 Å². The predicted molar refractivity (Wildman–Crippen MR) is 113 cm³/mol. The minimum atomic E-state index is -3.71. The number of amides is 1. The first-order chi connectivity index (χ1) is 13.7. The summed E-state index contributed by atoms with van der Waals surface area (Å²) >= 11 is 0. The zero-order valence-corrected chi connectivity index (χ0v) is 17.3. The number of nitrogens with one attached hydrogen (secondary N) is 2. The Kier molecular flexibility index (Phi) is 5.70. The Bertz CT molecular complexity index is 1230. The topological polar surface area (TPSA) is 96.1 Å². The van der Waals surface area contributed by atoms with Gasteiger partial charge in [0, 0.05) is 30.1 Å². The Morgan fingerprint density at radius 3 is 2.41 bits per heavy atom. The van der Waals surface area contributed by atoms with Gasteiger partial charge in [-0.3, -0.25) is 9.59 Å². The Hall–Kier alpha value is -3.19. The van der Waals surface area contributed by atoms with Crippen molar-refractivity contribution in [2.45, 2.75) is 25.3 Å². The number of aryl methyl sites for hydroxylation is 2. The molecule has 0 spiro atoms. The van der Waals surface area contributed by atoms with Crippen LogP contribution in [0.25, 0.3) is 11.1 Å². The number of hydrogen-bond donors (Lipinski definition) is 2. The second-order valence-electron chi connectivity index (χ2n) is 6.99. The van der Waals surface area contributed by atoms with Crippen molar-refractivity contribution in [1.29, 1.82) is 0 Å². The molecule has 1 heterocycles. The summed E-state index contributed by atoms with van der Waals surface area (Å²) in [6, 6.07) is 14.2. The van der Waals surface area contributed by atoms with Crippen LogP contribution in [-0.4, -0.2) is 25.6 Å². The zero-order valence-electron chi connectivity index (χ0n) is 16.4. The number of rotatable bonds is 5. The van der Waals surface area contributed by atoms with Crippen LogP contribution in [0.4, 0.5) is 0 Å². The van der Waals surface area contributed by atoms with Crippen LogP contribution in [0, 0.1) is 13.8 Å². The fraction of sp³-hybridized carbons (Fsp3) is 0.182. The molecule has 29 heavy (non-hydrogen) atoms. The summed E-state index contributed by atoms with van der Waals surface area (Å²) in [5.41, 5.74) is 2.77. The fourth-order valence-electron chi connectivity index (χ4n) is 3.24.